The Bertz CT molecular complexity index is 288. The van der Waals surface area contributed by atoms with Crippen LogP contribution in [0, 0.1) is 17.8 Å². The lowest BCUT2D eigenvalue weighted by Gasteiger charge is -2.27. The molecule has 0 aromatic heterocycles. The molecule has 2 N–H and O–H groups in total. The molecule has 1 saturated heterocycles. The van der Waals surface area contributed by atoms with Gasteiger partial charge in [0.1, 0.15) is 0 Å². The second kappa shape index (κ2) is 7.25. The zero-order chi connectivity index (χ0) is 13.7. The molecule has 0 bridgehead atoms. The lowest BCUT2D eigenvalue weighted by molar-refractivity contribution is -0.125. The first kappa shape index (κ1) is 14.8. The van der Waals surface area contributed by atoms with Crippen LogP contribution in [0.25, 0.3) is 0 Å². The number of nitrogens with one attached hydrogen (secondary N) is 2. The maximum atomic E-state index is 12.2. The van der Waals surface area contributed by atoms with Gasteiger partial charge in [0, 0.05) is 12.6 Å². The van der Waals surface area contributed by atoms with Crippen molar-refractivity contribution in [1.82, 2.24) is 10.6 Å². The Morgan fingerprint density at radius 2 is 1.95 bits per heavy atom. The highest BCUT2D eigenvalue weighted by Crippen LogP contribution is 2.27. The Hall–Kier alpha value is -0.610. The Morgan fingerprint density at radius 3 is 2.63 bits per heavy atom. The Kier molecular flexibility index (Phi) is 5.64. The van der Waals surface area contributed by atoms with Crippen LogP contribution in [-0.4, -0.2) is 38.3 Å². The van der Waals surface area contributed by atoms with E-state index in [1.54, 1.807) is 0 Å². The summed E-state index contributed by atoms with van der Waals surface area (Å²) in [5, 5.41) is 6.47. The molecular formula is C15H28N2O2. The first-order chi connectivity index (χ1) is 9.20. The fourth-order valence-electron chi connectivity index (χ4n) is 3.19. The van der Waals surface area contributed by atoms with Gasteiger partial charge < -0.3 is 15.4 Å². The van der Waals surface area contributed by atoms with Crippen molar-refractivity contribution in [3.63, 3.8) is 0 Å². The van der Waals surface area contributed by atoms with Crippen LogP contribution >= 0.6 is 0 Å². The highest BCUT2D eigenvalue weighted by Gasteiger charge is 2.33. The first-order valence-electron chi connectivity index (χ1n) is 7.79. The van der Waals surface area contributed by atoms with E-state index in [1.165, 1.54) is 25.7 Å². The molecule has 0 spiro atoms. The van der Waals surface area contributed by atoms with Crippen LogP contribution in [0.2, 0.25) is 0 Å². The van der Waals surface area contributed by atoms with E-state index in [0.717, 1.165) is 19.0 Å². The summed E-state index contributed by atoms with van der Waals surface area (Å²) in [6.45, 7) is 7.35. The minimum atomic E-state index is -0.0116. The van der Waals surface area contributed by atoms with Crippen molar-refractivity contribution in [1.29, 1.82) is 0 Å². The standard InChI is InChI=1S/C15H28N2O2/c1-3-16-14-10-19-9-13(14)15(18)17-8-12-6-4-11(2)5-7-12/h11-14,16H,3-10H2,1-2H3,(H,17,18). The maximum absolute atomic E-state index is 12.2. The second-order valence-corrected chi connectivity index (χ2v) is 6.18. The van der Waals surface area contributed by atoms with Crippen molar-refractivity contribution >= 4 is 5.91 Å². The molecule has 2 unspecified atom stereocenters. The van der Waals surface area contributed by atoms with Gasteiger partial charge in [-0.25, -0.2) is 0 Å². The van der Waals surface area contributed by atoms with Crippen molar-refractivity contribution in [2.45, 2.75) is 45.6 Å². The molecule has 19 heavy (non-hydrogen) atoms. The average Bonchev–Trinajstić information content (AvgIpc) is 2.86. The largest absolute Gasteiger partial charge is 0.379 e. The summed E-state index contributed by atoms with van der Waals surface area (Å²) in [5.74, 6) is 1.71. The topological polar surface area (TPSA) is 50.4 Å². The van der Waals surface area contributed by atoms with Gasteiger partial charge in [-0.15, -0.1) is 0 Å². The highest BCUT2D eigenvalue weighted by atomic mass is 16.5. The molecule has 0 radical (unpaired) electrons. The zero-order valence-electron chi connectivity index (χ0n) is 12.3. The number of ether oxygens (including phenoxy) is 1. The molecule has 1 heterocycles. The molecule has 1 aliphatic heterocycles. The van der Waals surface area contributed by atoms with Gasteiger partial charge in [0.2, 0.25) is 5.91 Å². The van der Waals surface area contributed by atoms with Crippen LogP contribution in [0.1, 0.15) is 39.5 Å². The van der Waals surface area contributed by atoms with Gasteiger partial charge in [-0.05, 0) is 31.2 Å². The minimum absolute atomic E-state index is 0.0116. The lowest BCUT2D eigenvalue weighted by atomic mass is 9.83. The number of rotatable bonds is 5. The molecule has 4 nitrogen and oxygen atoms in total. The van der Waals surface area contributed by atoms with Crippen molar-refractivity contribution < 1.29 is 9.53 Å². The first-order valence-corrected chi connectivity index (χ1v) is 7.79. The third-order valence-corrected chi connectivity index (χ3v) is 4.58. The summed E-state index contributed by atoms with van der Waals surface area (Å²) in [6, 6.07) is 0.191. The van der Waals surface area contributed by atoms with Gasteiger partial charge in [-0.1, -0.05) is 26.7 Å². The minimum Gasteiger partial charge on any atom is -0.379 e. The third-order valence-electron chi connectivity index (χ3n) is 4.58. The fourth-order valence-corrected chi connectivity index (χ4v) is 3.19. The normalized spacial score (nSPS) is 35.3. The van der Waals surface area contributed by atoms with Crippen molar-refractivity contribution in [2.24, 2.45) is 17.8 Å². The van der Waals surface area contributed by atoms with E-state index in [-0.39, 0.29) is 17.9 Å². The van der Waals surface area contributed by atoms with Gasteiger partial charge in [-0.3, -0.25) is 4.79 Å². The highest BCUT2D eigenvalue weighted by molar-refractivity contribution is 5.79. The van der Waals surface area contributed by atoms with Crippen LogP contribution in [0.3, 0.4) is 0 Å². The number of hydrogen-bond acceptors (Lipinski definition) is 3. The summed E-state index contributed by atoms with van der Waals surface area (Å²) >= 11 is 0. The van der Waals surface area contributed by atoms with Crippen LogP contribution in [0.5, 0.6) is 0 Å². The molecule has 2 aliphatic rings. The molecule has 0 aromatic rings. The predicted molar refractivity (Wildman–Crippen MR) is 75.9 cm³/mol. The van der Waals surface area contributed by atoms with Crippen LogP contribution < -0.4 is 10.6 Å². The number of likely N-dealkylation sites (N-methyl/N-ethyl adjacent to an activating group) is 1. The molecule has 4 heteroatoms. The predicted octanol–water partition coefficient (Wildman–Crippen LogP) is 1.55. The van der Waals surface area contributed by atoms with E-state index in [9.17, 15) is 4.79 Å². The van der Waals surface area contributed by atoms with Gasteiger partial charge in [0.15, 0.2) is 0 Å². The summed E-state index contributed by atoms with van der Waals surface area (Å²) < 4.78 is 5.43. The van der Waals surface area contributed by atoms with E-state index in [1.807, 2.05) is 0 Å². The molecule has 2 rings (SSSR count). The molecule has 0 aromatic carbocycles. The van der Waals surface area contributed by atoms with Crippen molar-refractivity contribution in [2.75, 3.05) is 26.3 Å². The van der Waals surface area contributed by atoms with Crippen LogP contribution in [-0.2, 0) is 9.53 Å². The molecule has 2 atom stereocenters. The lowest BCUT2D eigenvalue weighted by Crippen LogP contribution is -2.45. The van der Waals surface area contributed by atoms with Gasteiger partial charge in [-0.2, -0.15) is 0 Å². The van der Waals surface area contributed by atoms with Crippen LogP contribution in [0.4, 0.5) is 0 Å². The van der Waals surface area contributed by atoms with Crippen LogP contribution in [0.15, 0.2) is 0 Å². The Balaban J connectivity index is 1.71. The quantitative estimate of drug-likeness (QED) is 0.795. The third kappa shape index (κ3) is 4.18. The molecule has 2 fully saturated rings. The van der Waals surface area contributed by atoms with Gasteiger partial charge in [0.05, 0.1) is 19.1 Å². The molecule has 110 valence electrons. The average molecular weight is 268 g/mol. The molecule has 1 amide bonds. The van der Waals surface area contributed by atoms with E-state index in [4.69, 9.17) is 4.74 Å². The molecule has 1 aliphatic carbocycles. The number of carbonyl (C=O) groups is 1. The van der Waals surface area contributed by atoms with Crippen molar-refractivity contribution in [3.05, 3.63) is 0 Å². The fraction of sp³-hybridized carbons (Fsp3) is 0.933. The monoisotopic (exact) mass is 268 g/mol. The second-order valence-electron chi connectivity index (χ2n) is 6.18. The summed E-state index contributed by atoms with van der Waals surface area (Å²) in [5.41, 5.74) is 0. The van der Waals surface area contributed by atoms with E-state index in [0.29, 0.717) is 19.1 Å². The molecular weight excluding hydrogens is 240 g/mol. The number of carbonyl (C=O) groups excluding carboxylic acids is 1. The Labute approximate surface area is 116 Å². The summed E-state index contributed by atoms with van der Waals surface area (Å²) in [4.78, 5) is 12.2. The summed E-state index contributed by atoms with van der Waals surface area (Å²) in [7, 11) is 0. The SMILES string of the molecule is CCNC1COCC1C(=O)NCC1CCC(C)CC1. The maximum Gasteiger partial charge on any atom is 0.227 e. The zero-order valence-corrected chi connectivity index (χ0v) is 12.3. The van der Waals surface area contributed by atoms with Gasteiger partial charge in [0.25, 0.3) is 0 Å². The Morgan fingerprint density at radius 1 is 1.21 bits per heavy atom. The van der Waals surface area contributed by atoms with Crippen molar-refractivity contribution in [3.8, 4) is 0 Å². The molecule has 1 saturated carbocycles. The van der Waals surface area contributed by atoms with Gasteiger partial charge >= 0.3 is 0 Å². The summed E-state index contributed by atoms with van der Waals surface area (Å²) in [6.07, 6.45) is 5.15. The smallest absolute Gasteiger partial charge is 0.227 e. The van der Waals surface area contributed by atoms with E-state index >= 15 is 0 Å². The number of amides is 1. The van der Waals surface area contributed by atoms with E-state index in [2.05, 4.69) is 24.5 Å². The number of hydrogen-bond donors (Lipinski definition) is 2. The van der Waals surface area contributed by atoms with E-state index < -0.39 is 0 Å².